The summed E-state index contributed by atoms with van der Waals surface area (Å²) in [7, 11) is 1.66. The average Bonchev–Trinajstić information content (AvgIpc) is 2.47. The van der Waals surface area contributed by atoms with E-state index in [-0.39, 0.29) is 11.9 Å². The summed E-state index contributed by atoms with van der Waals surface area (Å²) in [5.74, 6) is 1.80. The number of allylic oxidation sites excluding steroid dienone is 1. The van der Waals surface area contributed by atoms with Crippen LogP contribution in [0.5, 0.6) is 17.2 Å². The number of hydrogen-bond acceptors (Lipinski definition) is 3. The van der Waals surface area contributed by atoms with Crippen molar-refractivity contribution < 1.29 is 14.6 Å². The van der Waals surface area contributed by atoms with Crippen LogP contribution in [0.4, 0.5) is 0 Å². The van der Waals surface area contributed by atoms with Gasteiger partial charge in [-0.1, -0.05) is 12.1 Å². The quantitative estimate of drug-likeness (QED) is 0.900. The number of ether oxygens (including phenoxy) is 2. The second-order valence-corrected chi connectivity index (χ2v) is 5.21. The lowest BCUT2D eigenvalue weighted by Gasteiger charge is -2.28. The maximum Gasteiger partial charge on any atom is 0.131 e. The Labute approximate surface area is 124 Å². The number of benzene rings is 2. The van der Waals surface area contributed by atoms with Crippen LogP contribution < -0.4 is 9.47 Å². The predicted molar refractivity (Wildman–Crippen MR) is 83.7 cm³/mol. The molecule has 0 bridgehead atoms. The minimum Gasteiger partial charge on any atom is -0.508 e. The first-order valence-electron chi connectivity index (χ1n) is 6.95. The van der Waals surface area contributed by atoms with E-state index in [2.05, 4.69) is 6.92 Å². The van der Waals surface area contributed by atoms with Gasteiger partial charge in [0.2, 0.25) is 0 Å². The van der Waals surface area contributed by atoms with Gasteiger partial charge in [-0.25, -0.2) is 0 Å². The van der Waals surface area contributed by atoms with E-state index in [1.165, 1.54) is 5.57 Å². The van der Waals surface area contributed by atoms with Crippen LogP contribution in [0.2, 0.25) is 0 Å². The second-order valence-electron chi connectivity index (χ2n) is 5.21. The normalized spacial score (nSPS) is 17.2. The number of rotatable bonds is 2. The molecule has 108 valence electrons. The Morgan fingerprint density at radius 3 is 2.48 bits per heavy atom. The van der Waals surface area contributed by atoms with Crippen molar-refractivity contribution in [1.82, 2.24) is 0 Å². The van der Waals surface area contributed by atoms with Crippen LogP contribution in [0.25, 0.3) is 11.1 Å². The fourth-order valence-corrected chi connectivity index (χ4v) is 2.84. The van der Waals surface area contributed by atoms with Crippen molar-refractivity contribution in [3.8, 4) is 17.2 Å². The van der Waals surface area contributed by atoms with Crippen molar-refractivity contribution in [2.24, 2.45) is 0 Å². The summed E-state index contributed by atoms with van der Waals surface area (Å²) in [5, 5.41) is 9.59. The summed E-state index contributed by atoms with van der Waals surface area (Å²) in [6.07, 6.45) is -0.0623. The lowest BCUT2D eigenvalue weighted by Crippen LogP contribution is -2.20. The fourth-order valence-electron chi connectivity index (χ4n) is 2.84. The fraction of sp³-hybridized carbons (Fsp3) is 0.222. The van der Waals surface area contributed by atoms with Crippen LogP contribution >= 0.6 is 0 Å². The van der Waals surface area contributed by atoms with Crippen molar-refractivity contribution in [3.63, 3.8) is 0 Å². The van der Waals surface area contributed by atoms with Crippen molar-refractivity contribution in [2.75, 3.05) is 7.11 Å². The minimum atomic E-state index is -0.0623. The number of aromatic hydroxyl groups is 1. The molecule has 0 aliphatic carbocycles. The molecule has 3 rings (SSSR count). The van der Waals surface area contributed by atoms with E-state index in [0.29, 0.717) is 0 Å². The highest BCUT2D eigenvalue weighted by molar-refractivity contribution is 5.95. The minimum absolute atomic E-state index is 0.0623. The molecule has 2 aromatic carbocycles. The molecule has 0 fully saturated rings. The summed E-state index contributed by atoms with van der Waals surface area (Å²) < 4.78 is 11.2. The highest BCUT2D eigenvalue weighted by atomic mass is 16.5. The second kappa shape index (κ2) is 5.17. The average molecular weight is 282 g/mol. The number of hydrogen-bond donors (Lipinski definition) is 1. The molecule has 0 radical (unpaired) electrons. The van der Waals surface area contributed by atoms with Crippen LogP contribution in [0, 0.1) is 0 Å². The smallest absolute Gasteiger partial charge is 0.131 e. The monoisotopic (exact) mass is 282 g/mol. The zero-order chi connectivity index (χ0) is 15.0. The Morgan fingerprint density at radius 1 is 1.10 bits per heavy atom. The first-order valence-corrected chi connectivity index (χ1v) is 6.95. The molecular formula is C18H18O3. The summed E-state index contributed by atoms with van der Waals surface area (Å²) in [4.78, 5) is 0. The van der Waals surface area contributed by atoms with Gasteiger partial charge in [0.05, 0.1) is 7.11 Å². The van der Waals surface area contributed by atoms with Gasteiger partial charge in [-0.3, -0.25) is 0 Å². The Balaban J connectivity index is 2.11. The molecule has 0 saturated heterocycles. The molecule has 0 amide bonds. The third-order valence-electron chi connectivity index (χ3n) is 3.88. The molecule has 21 heavy (non-hydrogen) atoms. The van der Waals surface area contributed by atoms with Gasteiger partial charge in [0, 0.05) is 17.2 Å². The Bertz CT molecular complexity index is 699. The molecule has 1 atom stereocenters. The van der Waals surface area contributed by atoms with E-state index in [9.17, 15) is 5.11 Å². The number of phenolic OH excluding ortho intramolecular Hbond substituents is 1. The molecule has 3 heteroatoms. The summed E-state index contributed by atoms with van der Waals surface area (Å²) in [5.41, 5.74) is 4.49. The van der Waals surface area contributed by atoms with E-state index in [1.807, 2.05) is 37.3 Å². The summed E-state index contributed by atoms with van der Waals surface area (Å²) in [6.45, 7) is 4.12. The Morgan fingerprint density at radius 2 is 1.81 bits per heavy atom. The molecule has 1 heterocycles. The van der Waals surface area contributed by atoms with Crippen molar-refractivity contribution in [3.05, 3.63) is 53.6 Å². The molecular weight excluding hydrogens is 264 g/mol. The van der Waals surface area contributed by atoms with E-state index >= 15 is 0 Å². The van der Waals surface area contributed by atoms with Gasteiger partial charge in [0.25, 0.3) is 0 Å². The SMILES string of the molecule is COc1ccc(C2=C(C)c3ccc(O)cc3O[C@H]2C)cc1. The maximum absolute atomic E-state index is 9.59. The zero-order valence-corrected chi connectivity index (χ0v) is 12.4. The largest absolute Gasteiger partial charge is 0.508 e. The van der Waals surface area contributed by atoms with Gasteiger partial charge in [0.1, 0.15) is 23.4 Å². The molecule has 0 unspecified atom stereocenters. The molecule has 3 nitrogen and oxygen atoms in total. The molecule has 1 aliphatic heterocycles. The van der Waals surface area contributed by atoms with Crippen LogP contribution in [-0.2, 0) is 0 Å². The predicted octanol–water partition coefficient (Wildman–Crippen LogP) is 4.11. The molecule has 1 N–H and O–H groups in total. The van der Waals surface area contributed by atoms with Gasteiger partial charge in [-0.2, -0.15) is 0 Å². The van der Waals surface area contributed by atoms with Crippen molar-refractivity contribution in [2.45, 2.75) is 20.0 Å². The van der Waals surface area contributed by atoms with Gasteiger partial charge in [-0.05, 0) is 49.2 Å². The lowest BCUT2D eigenvalue weighted by molar-refractivity contribution is 0.272. The highest BCUT2D eigenvalue weighted by Gasteiger charge is 2.24. The highest BCUT2D eigenvalue weighted by Crippen LogP contribution is 2.41. The third kappa shape index (κ3) is 2.35. The first-order chi connectivity index (χ1) is 10.1. The van der Waals surface area contributed by atoms with Gasteiger partial charge < -0.3 is 14.6 Å². The lowest BCUT2D eigenvalue weighted by atomic mass is 9.89. The summed E-state index contributed by atoms with van der Waals surface area (Å²) >= 11 is 0. The molecule has 0 aromatic heterocycles. The van der Waals surface area contributed by atoms with Crippen LogP contribution in [0.1, 0.15) is 25.0 Å². The summed E-state index contributed by atoms with van der Waals surface area (Å²) in [6, 6.07) is 13.2. The van der Waals surface area contributed by atoms with Crippen LogP contribution in [0.3, 0.4) is 0 Å². The first kappa shape index (κ1) is 13.6. The number of phenols is 1. The van der Waals surface area contributed by atoms with E-state index < -0.39 is 0 Å². The van der Waals surface area contributed by atoms with E-state index in [0.717, 1.165) is 28.2 Å². The van der Waals surface area contributed by atoms with E-state index in [1.54, 1.807) is 19.2 Å². The van der Waals surface area contributed by atoms with Gasteiger partial charge in [0.15, 0.2) is 0 Å². The molecule has 2 aromatic rings. The number of methoxy groups -OCH3 is 1. The van der Waals surface area contributed by atoms with Crippen LogP contribution in [-0.4, -0.2) is 18.3 Å². The van der Waals surface area contributed by atoms with Crippen molar-refractivity contribution in [1.29, 1.82) is 0 Å². The standard InChI is InChI=1S/C18H18O3/c1-11-16-9-6-14(19)10-17(16)21-12(2)18(11)13-4-7-15(20-3)8-5-13/h4-10,12,19H,1-3H3/t12-/m0/s1. The zero-order valence-electron chi connectivity index (χ0n) is 12.4. The van der Waals surface area contributed by atoms with E-state index in [4.69, 9.17) is 9.47 Å². The van der Waals surface area contributed by atoms with Crippen molar-refractivity contribution >= 4 is 11.1 Å². The van der Waals surface area contributed by atoms with Gasteiger partial charge in [-0.15, -0.1) is 0 Å². The van der Waals surface area contributed by atoms with Gasteiger partial charge >= 0.3 is 0 Å². The maximum atomic E-state index is 9.59. The third-order valence-corrected chi connectivity index (χ3v) is 3.88. The molecule has 0 spiro atoms. The number of fused-ring (bicyclic) bond motifs is 1. The molecule has 1 aliphatic rings. The topological polar surface area (TPSA) is 38.7 Å². The molecule has 0 saturated carbocycles. The Kier molecular flexibility index (Phi) is 3.34. The Hall–Kier alpha value is -2.42. The van der Waals surface area contributed by atoms with Crippen LogP contribution in [0.15, 0.2) is 42.5 Å².